The van der Waals surface area contributed by atoms with E-state index in [1.807, 2.05) is 47.6 Å². The lowest BCUT2D eigenvalue weighted by Gasteiger charge is -2.35. The molecule has 42 heavy (non-hydrogen) atoms. The molecule has 0 heterocycles. The Kier molecular flexibility index (Phi) is 15.3. The Balaban J connectivity index is 0.00000119. The summed E-state index contributed by atoms with van der Waals surface area (Å²) in [5.41, 5.74) is 12.6. The maximum Gasteiger partial charge on any atom is 0.0710 e. The van der Waals surface area contributed by atoms with Gasteiger partial charge in [0, 0.05) is 0 Å². The van der Waals surface area contributed by atoms with Gasteiger partial charge in [-0.1, -0.05) is 177 Å². The molecule has 0 spiro atoms. The van der Waals surface area contributed by atoms with E-state index >= 15 is 0 Å². The monoisotopic (exact) mass is 558 g/mol. The molecule has 0 nitrogen and oxygen atoms in total. The summed E-state index contributed by atoms with van der Waals surface area (Å²) in [5, 5.41) is 0. The second kappa shape index (κ2) is 17.8. The minimum atomic E-state index is -0.399. The molecule has 0 fully saturated rings. The molecule has 0 amide bonds. The fourth-order valence-electron chi connectivity index (χ4n) is 5.56. The van der Waals surface area contributed by atoms with Crippen molar-refractivity contribution in [2.24, 2.45) is 0 Å². The molecule has 0 aliphatic heterocycles. The molecule has 222 valence electrons. The van der Waals surface area contributed by atoms with Gasteiger partial charge < -0.3 is 0 Å². The quantitative estimate of drug-likeness (QED) is 0.206. The Morgan fingerprint density at radius 2 is 1.21 bits per heavy atom. The van der Waals surface area contributed by atoms with Crippen LogP contribution in [0.1, 0.15) is 96.2 Å². The van der Waals surface area contributed by atoms with Crippen LogP contribution in [0.5, 0.6) is 0 Å². The summed E-state index contributed by atoms with van der Waals surface area (Å²) < 4.78 is 0. The molecule has 0 bridgehead atoms. The van der Waals surface area contributed by atoms with Gasteiger partial charge in [0.15, 0.2) is 0 Å². The minimum absolute atomic E-state index is 0. The van der Waals surface area contributed by atoms with Crippen LogP contribution in [-0.2, 0) is 11.8 Å². The lowest BCUT2D eigenvalue weighted by molar-refractivity contribution is 0.760. The van der Waals surface area contributed by atoms with Gasteiger partial charge in [-0.15, -0.1) is 0 Å². The molecular weight excluding hydrogens is 504 g/mol. The summed E-state index contributed by atoms with van der Waals surface area (Å²) in [4.78, 5) is 0. The zero-order valence-electron chi connectivity index (χ0n) is 26.9. The number of hydrogen-bond donors (Lipinski definition) is 0. The van der Waals surface area contributed by atoms with Crippen molar-refractivity contribution >= 4 is 5.57 Å². The smallest absolute Gasteiger partial charge is 0.0710 e. The normalized spacial score (nSPS) is 14.7. The second-order valence-corrected chi connectivity index (χ2v) is 9.43. The zero-order chi connectivity index (χ0) is 30.4. The van der Waals surface area contributed by atoms with Crippen molar-refractivity contribution in [2.75, 3.05) is 0 Å². The molecule has 5 rings (SSSR count). The van der Waals surface area contributed by atoms with E-state index in [1.165, 1.54) is 55.7 Å². The number of rotatable bonds is 6. The number of benzene rings is 4. The summed E-state index contributed by atoms with van der Waals surface area (Å²) >= 11 is 0. The van der Waals surface area contributed by atoms with E-state index < -0.39 is 5.41 Å². The summed E-state index contributed by atoms with van der Waals surface area (Å²) in [6, 6.07) is 36.0. The largest absolute Gasteiger partial charge is 0.0991 e. The van der Waals surface area contributed by atoms with Gasteiger partial charge in [0.1, 0.15) is 0 Å². The molecule has 0 aromatic heterocycles. The van der Waals surface area contributed by atoms with Gasteiger partial charge in [0.2, 0.25) is 0 Å². The molecule has 0 heteroatoms. The highest BCUT2D eigenvalue weighted by Gasteiger charge is 2.46. The maximum absolute atomic E-state index is 3.97. The number of fused-ring (bicyclic) bond motifs is 1. The Hall–Kier alpha value is -3.90. The van der Waals surface area contributed by atoms with Gasteiger partial charge in [-0.2, -0.15) is 0 Å². The third-order valence-corrected chi connectivity index (χ3v) is 7.42. The average molecular weight is 559 g/mol. The van der Waals surface area contributed by atoms with Crippen molar-refractivity contribution in [1.82, 2.24) is 0 Å². The summed E-state index contributed by atoms with van der Waals surface area (Å²) in [7, 11) is 0. The highest BCUT2D eigenvalue weighted by Crippen LogP contribution is 2.55. The van der Waals surface area contributed by atoms with E-state index in [4.69, 9.17) is 0 Å². The molecule has 4 aromatic carbocycles. The molecule has 0 saturated heterocycles. The van der Waals surface area contributed by atoms with Gasteiger partial charge in [0.25, 0.3) is 0 Å². The van der Waals surface area contributed by atoms with Gasteiger partial charge in [0.05, 0.1) is 5.41 Å². The number of hydrogen-bond acceptors (Lipinski definition) is 0. The molecular formula is C42H54. The van der Waals surface area contributed by atoms with Crippen molar-refractivity contribution in [2.45, 2.75) is 81.6 Å². The fourth-order valence-corrected chi connectivity index (χ4v) is 5.56. The molecule has 0 saturated carbocycles. The Morgan fingerprint density at radius 1 is 0.667 bits per heavy atom. The summed E-state index contributed by atoms with van der Waals surface area (Å²) in [5.74, 6) is 0. The average Bonchev–Trinajstić information content (AvgIpc) is 3.31. The van der Waals surface area contributed by atoms with Gasteiger partial charge in [-0.3, -0.25) is 0 Å². The van der Waals surface area contributed by atoms with Gasteiger partial charge in [-0.25, -0.2) is 0 Å². The lowest BCUT2D eigenvalue weighted by atomic mass is 9.66. The van der Waals surface area contributed by atoms with Crippen LogP contribution in [0.15, 0.2) is 127 Å². The van der Waals surface area contributed by atoms with Crippen molar-refractivity contribution in [3.05, 3.63) is 161 Å². The predicted octanol–water partition coefficient (Wildman–Crippen LogP) is 12.8. The molecule has 1 aliphatic rings. The second-order valence-electron chi connectivity index (χ2n) is 9.43. The number of allylic oxidation sites excluding steroid dienone is 5. The lowest BCUT2D eigenvalue weighted by Crippen LogP contribution is -2.29. The summed E-state index contributed by atoms with van der Waals surface area (Å²) in [6.07, 6.45) is 7.24. The third-order valence-electron chi connectivity index (χ3n) is 7.42. The van der Waals surface area contributed by atoms with Crippen molar-refractivity contribution in [3.8, 4) is 11.1 Å². The topological polar surface area (TPSA) is 0 Å². The van der Waals surface area contributed by atoms with E-state index in [2.05, 4.69) is 137 Å². The van der Waals surface area contributed by atoms with Crippen LogP contribution in [0.4, 0.5) is 0 Å². The van der Waals surface area contributed by atoms with Crippen LogP contribution in [0.25, 0.3) is 16.7 Å². The maximum atomic E-state index is 3.97. The molecule has 0 radical (unpaired) electrons. The molecule has 1 aliphatic carbocycles. The first-order valence-corrected chi connectivity index (χ1v) is 15.5. The zero-order valence-corrected chi connectivity index (χ0v) is 26.9. The fraction of sp³-hybridized carbons (Fsp3) is 0.286. The van der Waals surface area contributed by atoms with Crippen LogP contribution in [0, 0.1) is 6.92 Å². The molecule has 1 unspecified atom stereocenters. The summed E-state index contributed by atoms with van der Waals surface area (Å²) in [6.45, 7) is 22.6. The predicted molar refractivity (Wildman–Crippen MR) is 191 cm³/mol. The van der Waals surface area contributed by atoms with Crippen LogP contribution < -0.4 is 0 Å². The van der Waals surface area contributed by atoms with E-state index in [-0.39, 0.29) is 7.43 Å². The highest BCUT2D eigenvalue weighted by molar-refractivity contribution is 5.88. The van der Waals surface area contributed by atoms with Crippen molar-refractivity contribution in [3.63, 3.8) is 0 Å². The van der Waals surface area contributed by atoms with Crippen LogP contribution in [0.3, 0.4) is 0 Å². The van der Waals surface area contributed by atoms with Crippen LogP contribution in [0.2, 0.25) is 0 Å². The van der Waals surface area contributed by atoms with E-state index in [0.29, 0.717) is 0 Å². The standard InChI is InChI=1S/C35H32.3C2H6.CH4/c1-5-7-13-33-26(4)32-23-18-29(28-11-9-8-10-12-28)24-34(32)35(33,30-19-14-25(3)15-20-30)31-21-16-27(6-2)17-22-31;3*1-2;/h5,7-24H,1,6H2,2-4H3;3*1-2H3;1H4/b13-7-;;;;. The third kappa shape index (κ3) is 7.11. The van der Waals surface area contributed by atoms with E-state index in [0.717, 1.165) is 6.42 Å². The van der Waals surface area contributed by atoms with E-state index in [9.17, 15) is 0 Å². The van der Waals surface area contributed by atoms with Crippen molar-refractivity contribution in [1.29, 1.82) is 0 Å². The van der Waals surface area contributed by atoms with Crippen LogP contribution in [-0.4, -0.2) is 0 Å². The Bertz CT molecular complexity index is 1410. The minimum Gasteiger partial charge on any atom is -0.0991 e. The van der Waals surface area contributed by atoms with E-state index in [1.54, 1.807) is 0 Å². The highest BCUT2D eigenvalue weighted by atomic mass is 14.5. The van der Waals surface area contributed by atoms with Crippen LogP contribution >= 0.6 is 0 Å². The Labute approximate surface area is 258 Å². The molecule has 1 atom stereocenters. The van der Waals surface area contributed by atoms with Gasteiger partial charge in [-0.05, 0) is 76.4 Å². The molecule has 0 N–H and O–H groups in total. The number of aryl methyl sites for hydroxylation is 2. The van der Waals surface area contributed by atoms with Crippen molar-refractivity contribution < 1.29 is 0 Å². The first-order valence-electron chi connectivity index (χ1n) is 15.5. The molecule has 4 aromatic rings. The first-order chi connectivity index (χ1) is 20.1. The Morgan fingerprint density at radius 3 is 1.74 bits per heavy atom. The first kappa shape index (κ1) is 36.1. The SMILES string of the molecule is C.C=C/C=C\C1=C(C)c2ccc(-c3ccccc3)cc2C1(c1ccc(C)cc1)c1ccc(CC)cc1.CC.CC.CC. The van der Waals surface area contributed by atoms with Gasteiger partial charge >= 0.3 is 0 Å².